The van der Waals surface area contributed by atoms with E-state index in [9.17, 15) is 13.2 Å². The standard InChI is InChI=1S/C13H16N2O4S/c1-9(2)7-15(8-12(16)17)13-10-5-3-4-6-11(10)20(18,19)14-13/h3-6,9H,7-8H2,1-2H3,(H,16,17). The minimum Gasteiger partial charge on any atom is -0.480 e. The van der Waals surface area contributed by atoms with Gasteiger partial charge in [0.05, 0.1) is 0 Å². The van der Waals surface area contributed by atoms with E-state index >= 15 is 0 Å². The zero-order valence-corrected chi connectivity index (χ0v) is 12.1. The van der Waals surface area contributed by atoms with Crippen molar-refractivity contribution in [1.82, 2.24) is 4.90 Å². The average Bonchev–Trinajstić information content (AvgIpc) is 2.60. The number of rotatable bonds is 4. The van der Waals surface area contributed by atoms with E-state index in [1.807, 2.05) is 13.8 Å². The van der Waals surface area contributed by atoms with Crippen molar-refractivity contribution in [2.24, 2.45) is 10.3 Å². The van der Waals surface area contributed by atoms with Crippen molar-refractivity contribution < 1.29 is 18.3 Å². The molecule has 0 amide bonds. The first-order chi connectivity index (χ1) is 9.31. The summed E-state index contributed by atoms with van der Waals surface area (Å²) in [7, 11) is -3.72. The summed E-state index contributed by atoms with van der Waals surface area (Å²) >= 11 is 0. The molecule has 0 spiro atoms. The number of hydrogen-bond donors (Lipinski definition) is 1. The largest absolute Gasteiger partial charge is 0.480 e. The van der Waals surface area contributed by atoms with Gasteiger partial charge in [-0.25, -0.2) is 0 Å². The van der Waals surface area contributed by atoms with Gasteiger partial charge in [0.2, 0.25) is 0 Å². The molecule has 0 fully saturated rings. The molecule has 1 aromatic rings. The monoisotopic (exact) mass is 296 g/mol. The van der Waals surface area contributed by atoms with E-state index in [-0.39, 0.29) is 23.2 Å². The third-order valence-electron chi connectivity index (χ3n) is 2.82. The number of benzene rings is 1. The Balaban J connectivity index is 2.47. The van der Waals surface area contributed by atoms with Crippen LogP contribution in [0.15, 0.2) is 33.6 Å². The summed E-state index contributed by atoms with van der Waals surface area (Å²) < 4.78 is 27.7. The van der Waals surface area contributed by atoms with E-state index in [1.165, 1.54) is 11.0 Å². The second-order valence-electron chi connectivity index (χ2n) is 5.05. The molecule has 1 aliphatic heterocycles. The Bertz CT molecular complexity index is 665. The van der Waals surface area contributed by atoms with E-state index in [1.54, 1.807) is 18.2 Å². The third-order valence-corrected chi connectivity index (χ3v) is 4.15. The zero-order valence-electron chi connectivity index (χ0n) is 11.3. The van der Waals surface area contributed by atoms with E-state index in [0.29, 0.717) is 12.1 Å². The van der Waals surface area contributed by atoms with E-state index in [4.69, 9.17) is 5.11 Å². The normalized spacial score (nSPS) is 15.8. The number of amidine groups is 1. The molecule has 0 atom stereocenters. The quantitative estimate of drug-likeness (QED) is 0.901. The minimum atomic E-state index is -3.72. The van der Waals surface area contributed by atoms with Crippen molar-refractivity contribution in [1.29, 1.82) is 0 Å². The number of nitrogens with zero attached hydrogens (tertiary/aromatic N) is 2. The van der Waals surface area contributed by atoms with Gasteiger partial charge in [-0.2, -0.15) is 8.42 Å². The van der Waals surface area contributed by atoms with Crippen LogP contribution in [0.1, 0.15) is 19.4 Å². The molecule has 7 heteroatoms. The minimum absolute atomic E-state index is 0.133. The summed E-state index contributed by atoms with van der Waals surface area (Å²) in [6.07, 6.45) is 0. The maximum atomic E-state index is 12.0. The molecular weight excluding hydrogens is 280 g/mol. The molecule has 1 heterocycles. The van der Waals surface area contributed by atoms with Crippen LogP contribution >= 0.6 is 0 Å². The lowest BCUT2D eigenvalue weighted by atomic mass is 10.1. The van der Waals surface area contributed by atoms with Crippen LogP contribution < -0.4 is 0 Å². The number of carboxylic acids is 1. The first-order valence-electron chi connectivity index (χ1n) is 6.22. The lowest BCUT2D eigenvalue weighted by Gasteiger charge is -2.24. The first-order valence-corrected chi connectivity index (χ1v) is 7.66. The van der Waals surface area contributed by atoms with Crippen LogP contribution in [0.3, 0.4) is 0 Å². The number of aliphatic carboxylic acids is 1. The molecule has 0 aromatic heterocycles. The Kier molecular flexibility index (Phi) is 3.80. The van der Waals surface area contributed by atoms with Gasteiger partial charge in [-0.15, -0.1) is 4.40 Å². The number of carboxylic acid groups (broad SMARTS) is 1. The Labute approximate surface area is 117 Å². The van der Waals surface area contributed by atoms with Crippen LogP contribution in [-0.2, 0) is 14.8 Å². The second kappa shape index (κ2) is 5.24. The highest BCUT2D eigenvalue weighted by Crippen LogP contribution is 2.27. The molecule has 6 nitrogen and oxygen atoms in total. The number of carbonyl (C=O) groups is 1. The fourth-order valence-electron chi connectivity index (χ4n) is 2.15. The third kappa shape index (κ3) is 2.82. The summed E-state index contributed by atoms with van der Waals surface area (Å²) in [4.78, 5) is 12.6. The summed E-state index contributed by atoms with van der Waals surface area (Å²) in [5.41, 5.74) is 0.467. The zero-order chi connectivity index (χ0) is 14.9. The SMILES string of the molecule is CC(C)CN(CC(=O)O)C1=NS(=O)(=O)c2ccccc21. The Morgan fingerprint density at radius 3 is 2.60 bits per heavy atom. The van der Waals surface area contributed by atoms with Crippen molar-refractivity contribution in [3.8, 4) is 0 Å². The predicted octanol–water partition coefficient (Wildman–Crippen LogP) is 1.18. The van der Waals surface area contributed by atoms with Crippen molar-refractivity contribution >= 4 is 21.8 Å². The summed E-state index contributed by atoms with van der Waals surface area (Å²) in [5, 5.41) is 8.99. The van der Waals surface area contributed by atoms with E-state index in [0.717, 1.165) is 0 Å². The molecule has 0 unspecified atom stereocenters. The van der Waals surface area contributed by atoms with Gasteiger partial charge in [0.1, 0.15) is 11.4 Å². The Hall–Kier alpha value is -1.89. The summed E-state index contributed by atoms with van der Waals surface area (Å²) in [5.74, 6) is -0.612. The van der Waals surface area contributed by atoms with Crippen LogP contribution in [0.5, 0.6) is 0 Å². The smallest absolute Gasteiger partial charge is 0.323 e. The fraction of sp³-hybridized carbons (Fsp3) is 0.385. The fourth-order valence-corrected chi connectivity index (χ4v) is 3.37. The maximum Gasteiger partial charge on any atom is 0.323 e. The first kappa shape index (κ1) is 14.5. The predicted molar refractivity (Wildman–Crippen MR) is 74.2 cm³/mol. The van der Waals surface area contributed by atoms with Gasteiger partial charge in [-0.1, -0.05) is 26.0 Å². The van der Waals surface area contributed by atoms with Crippen molar-refractivity contribution in [2.75, 3.05) is 13.1 Å². The van der Waals surface area contributed by atoms with Crippen molar-refractivity contribution in [3.05, 3.63) is 29.8 Å². The molecule has 0 aliphatic carbocycles. The van der Waals surface area contributed by atoms with Crippen LogP contribution in [-0.4, -0.2) is 43.3 Å². The highest BCUT2D eigenvalue weighted by molar-refractivity contribution is 7.90. The lowest BCUT2D eigenvalue weighted by Crippen LogP contribution is -2.38. The molecule has 1 aliphatic rings. The van der Waals surface area contributed by atoms with Gasteiger partial charge in [0.15, 0.2) is 5.84 Å². The second-order valence-corrected chi connectivity index (χ2v) is 6.63. The number of fused-ring (bicyclic) bond motifs is 1. The molecule has 2 rings (SSSR count). The van der Waals surface area contributed by atoms with E-state index in [2.05, 4.69) is 4.40 Å². The van der Waals surface area contributed by atoms with Crippen LogP contribution in [0.25, 0.3) is 0 Å². The van der Waals surface area contributed by atoms with Crippen molar-refractivity contribution in [2.45, 2.75) is 18.7 Å². The summed E-state index contributed by atoms with van der Waals surface area (Å²) in [6.45, 7) is 4.02. The topological polar surface area (TPSA) is 87.0 Å². The lowest BCUT2D eigenvalue weighted by molar-refractivity contribution is -0.137. The van der Waals surface area contributed by atoms with Crippen molar-refractivity contribution in [3.63, 3.8) is 0 Å². The molecular formula is C13H16N2O4S. The van der Waals surface area contributed by atoms with E-state index < -0.39 is 16.0 Å². The summed E-state index contributed by atoms with van der Waals surface area (Å²) in [6, 6.07) is 6.46. The van der Waals surface area contributed by atoms with Crippen LogP contribution in [0.4, 0.5) is 0 Å². The highest BCUT2D eigenvalue weighted by Gasteiger charge is 2.32. The van der Waals surface area contributed by atoms with Gasteiger partial charge >= 0.3 is 5.97 Å². The molecule has 108 valence electrons. The molecule has 0 radical (unpaired) electrons. The van der Waals surface area contributed by atoms with Gasteiger partial charge < -0.3 is 10.0 Å². The molecule has 20 heavy (non-hydrogen) atoms. The number of sulfonamides is 1. The average molecular weight is 296 g/mol. The van der Waals surface area contributed by atoms with Gasteiger partial charge in [0.25, 0.3) is 10.0 Å². The van der Waals surface area contributed by atoms with Crippen LogP contribution in [0, 0.1) is 5.92 Å². The molecule has 0 saturated heterocycles. The van der Waals surface area contributed by atoms with Crippen LogP contribution in [0.2, 0.25) is 0 Å². The van der Waals surface area contributed by atoms with Gasteiger partial charge in [-0.3, -0.25) is 4.79 Å². The number of hydrogen-bond acceptors (Lipinski definition) is 4. The Morgan fingerprint density at radius 2 is 2.00 bits per heavy atom. The van der Waals surface area contributed by atoms with Gasteiger partial charge in [-0.05, 0) is 18.1 Å². The Morgan fingerprint density at radius 1 is 1.35 bits per heavy atom. The highest BCUT2D eigenvalue weighted by atomic mass is 32.2. The van der Waals surface area contributed by atoms with Gasteiger partial charge in [0, 0.05) is 12.1 Å². The molecule has 1 aromatic carbocycles. The molecule has 1 N–H and O–H groups in total. The molecule has 0 bridgehead atoms. The molecule has 0 saturated carbocycles. The maximum absolute atomic E-state index is 12.0.